The molecule has 0 radical (unpaired) electrons. The van der Waals surface area contributed by atoms with Gasteiger partial charge in [-0.2, -0.15) is 0 Å². The number of hydrogen-bond acceptors (Lipinski definition) is 5. The molecule has 8 nitrogen and oxygen atoms in total. The van der Waals surface area contributed by atoms with Gasteiger partial charge in [0.1, 0.15) is 18.3 Å². The molecule has 2 amide bonds. The van der Waals surface area contributed by atoms with Crippen molar-refractivity contribution in [1.29, 1.82) is 0 Å². The Balaban J connectivity index is 1.73. The summed E-state index contributed by atoms with van der Waals surface area (Å²) in [6.07, 6.45) is 5.31. The Labute approximate surface area is 243 Å². The largest absolute Gasteiger partial charge is 0.497 e. The molecule has 1 unspecified atom stereocenters. The van der Waals surface area contributed by atoms with E-state index in [1.165, 1.54) is 12.0 Å². The lowest BCUT2D eigenvalue weighted by Crippen LogP contribution is -2.54. The van der Waals surface area contributed by atoms with E-state index in [2.05, 4.69) is 5.32 Å². The number of methoxy groups -OCH3 is 1. The van der Waals surface area contributed by atoms with Crippen LogP contribution in [-0.4, -0.2) is 57.1 Å². The van der Waals surface area contributed by atoms with Crippen molar-refractivity contribution >= 4 is 27.5 Å². The minimum atomic E-state index is -3.84. The summed E-state index contributed by atoms with van der Waals surface area (Å²) < 4.78 is 32.3. The number of carbonyl (C=O) groups is 2. The summed E-state index contributed by atoms with van der Waals surface area (Å²) in [6.45, 7) is 1.67. The number of amides is 2. The highest BCUT2D eigenvalue weighted by Crippen LogP contribution is 2.25. The molecule has 3 aromatic carbocycles. The molecule has 4 rings (SSSR count). The van der Waals surface area contributed by atoms with E-state index in [9.17, 15) is 18.0 Å². The summed E-state index contributed by atoms with van der Waals surface area (Å²) in [5.41, 5.74) is 3.11. The van der Waals surface area contributed by atoms with Crippen molar-refractivity contribution in [3.8, 4) is 5.75 Å². The molecule has 1 N–H and O–H groups in total. The number of nitrogens with one attached hydrogen (secondary N) is 1. The van der Waals surface area contributed by atoms with Crippen molar-refractivity contribution in [3.05, 3.63) is 95.6 Å². The number of nitrogens with zero attached hydrogens (tertiary/aromatic N) is 2. The average Bonchev–Trinajstić information content (AvgIpc) is 3.46. The number of carbonyl (C=O) groups excluding carboxylic acids is 2. The third-order valence-corrected chi connectivity index (χ3v) is 8.57. The Bertz CT molecular complexity index is 1440. The van der Waals surface area contributed by atoms with Crippen LogP contribution in [0.2, 0.25) is 0 Å². The molecule has 1 aliphatic rings. The van der Waals surface area contributed by atoms with Gasteiger partial charge in [-0.15, -0.1) is 0 Å². The van der Waals surface area contributed by atoms with E-state index in [1.807, 2.05) is 61.5 Å². The summed E-state index contributed by atoms with van der Waals surface area (Å²) in [4.78, 5) is 29.6. The molecule has 3 aromatic rings. The maximum atomic E-state index is 14.2. The molecule has 1 fully saturated rings. The van der Waals surface area contributed by atoms with E-state index < -0.39 is 28.5 Å². The Morgan fingerprint density at radius 3 is 2.29 bits per heavy atom. The second-order valence-corrected chi connectivity index (χ2v) is 12.6. The van der Waals surface area contributed by atoms with Crippen LogP contribution in [0.5, 0.6) is 5.75 Å². The Morgan fingerprint density at radius 2 is 1.63 bits per heavy atom. The number of sulfonamides is 1. The molecular formula is C32H39N3O5S. The van der Waals surface area contributed by atoms with E-state index in [0.717, 1.165) is 52.9 Å². The topological polar surface area (TPSA) is 96.0 Å². The number of aryl methyl sites for hydroxylation is 1. The van der Waals surface area contributed by atoms with E-state index in [1.54, 1.807) is 24.3 Å². The second-order valence-electron chi connectivity index (χ2n) is 10.7. The van der Waals surface area contributed by atoms with Gasteiger partial charge in [-0.3, -0.25) is 13.9 Å². The standard InChI is InChI=1S/C32H39N3O5S/c1-24-11-9-14-26(19-24)22-34(31(36)23-35(41(3,38)39)28-17-10-18-29(21-28)40-2)30(20-25-12-5-4-6-13-25)32(37)33-27-15-7-8-16-27/h4-6,9-14,17-19,21,27,30H,7-8,15-16,20,22-23H2,1-3H3,(H,33,37). The predicted octanol–water partition coefficient (Wildman–Crippen LogP) is 4.47. The maximum Gasteiger partial charge on any atom is 0.244 e. The number of ether oxygens (including phenoxy) is 1. The van der Waals surface area contributed by atoms with Gasteiger partial charge in [0.05, 0.1) is 19.1 Å². The van der Waals surface area contributed by atoms with Crippen LogP contribution in [0, 0.1) is 6.92 Å². The molecule has 0 aliphatic heterocycles. The van der Waals surface area contributed by atoms with Gasteiger partial charge in [0, 0.05) is 25.1 Å². The molecule has 1 saturated carbocycles. The van der Waals surface area contributed by atoms with Crippen LogP contribution in [0.3, 0.4) is 0 Å². The highest BCUT2D eigenvalue weighted by Gasteiger charge is 2.34. The zero-order valence-electron chi connectivity index (χ0n) is 24.0. The first-order valence-corrected chi connectivity index (χ1v) is 15.8. The molecule has 0 bridgehead atoms. The van der Waals surface area contributed by atoms with Crippen LogP contribution in [0.4, 0.5) is 5.69 Å². The summed E-state index contributed by atoms with van der Waals surface area (Å²) >= 11 is 0. The van der Waals surface area contributed by atoms with Gasteiger partial charge in [0.25, 0.3) is 0 Å². The first-order chi connectivity index (χ1) is 19.6. The second kappa shape index (κ2) is 13.7. The Morgan fingerprint density at radius 1 is 0.951 bits per heavy atom. The van der Waals surface area contributed by atoms with Crippen molar-refractivity contribution in [2.24, 2.45) is 0 Å². The van der Waals surface area contributed by atoms with Crippen LogP contribution in [0.1, 0.15) is 42.4 Å². The molecule has 0 saturated heterocycles. The average molecular weight is 578 g/mol. The van der Waals surface area contributed by atoms with Crippen LogP contribution >= 0.6 is 0 Å². The van der Waals surface area contributed by atoms with Crippen molar-refractivity contribution in [2.75, 3.05) is 24.2 Å². The summed E-state index contributed by atoms with van der Waals surface area (Å²) in [5.74, 6) is -0.227. The summed E-state index contributed by atoms with van der Waals surface area (Å²) in [7, 11) is -2.35. The molecule has 218 valence electrons. The normalized spacial score (nSPS) is 14.3. The van der Waals surface area contributed by atoms with E-state index >= 15 is 0 Å². The SMILES string of the molecule is COc1cccc(N(CC(=O)N(Cc2cccc(C)c2)C(Cc2ccccc2)C(=O)NC2CCCC2)S(C)(=O)=O)c1. The minimum Gasteiger partial charge on any atom is -0.497 e. The fourth-order valence-electron chi connectivity index (χ4n) is 5.31. The van der Waals surface area contributed by atoms with E-state index in [-0.39, 0.29) is 18.5 Å². The molecule has 9 heteroatoms. The lowest BCUT2D eigenvalue weighted by Gasteiger charge is -2.34. The first kappa shape index (κ1) is 30.1. The highest BCUT2D eigenvalue weighted by atomic mass is 32.2. The molecule has 0 heterocycles. The van der Waals surface area contributed by atoms with Crippen molar-refractivity contribution in [1.82, 2.24) is 10.2 Å². The van der Waals surface area contributed by atoms with Crippen LogP contribution in [0.15, 0.2) is 78.9 Å². The quantitative estimate of drug-likeness (QED) is 0.343. The number of benzene rings is 3. The van der Waals surface area contributed by atoms with Gasteiger partial charge >= 0.3 is 0 Å². The smallest absolute Gasteiger partial charge is 0.244 e. The van der Waals surface area contributed by atoms with Crippen LogP contribution < -0.4 is 14.4 Å². The van der Waals surface area contributed by atoms with Gasteiger partial charge in [-0.05, 0) is 43.0 Å². The third kappa shape index (κ3) is 8.33. The maximum absolute atomic E-state index is 14.2. The van der Waals surface area contributed by atoms with Gasteiger partial charge in [-0.25, -0.2) is 8.42 Å². The molecule has 0 spiro atoms. The predicted molar refractivity (Wildman–Crippen MR) is 161 cm³/mol. The molecule has 41 heavy (non-hydrogen) atoms. The van der Waals surface area contributed by atoms with Gasteiger partial charge in [0.15, 0.2) is 0 Å². The Hall–Kier alpha value is -3.85. The van der Waals surface area contributed by atoms with Gasteiger partial charge in [0.2, 0.25) is 21.8 Å². The Kier molecular flexibility index (Phi) is 10.0. The van der Waals surface area contributed by atoms with E-state index in [4.69, 9.17) is 4.74 Å². The van der Waals surface area contributed by atoms with Crippen molar-refractivity contribution in [2.45, 2.75) is 57.7 Å². The fourth-order valence-corrected chi connectivity index (χ4v) is 6.15. The summed E-state index contributed by atoms with van der Waals surface area (Å²) in [5, 5.41) is 3.18. The molecule has 1 aliphatic carbocycles. The highest BCUT2D eigenvalue weighted by molar-refractivity contribution is 7.92. The number of rotatable bonds is 12. The zero-order chi connectivity index (χ0) is 29.4. The zero-order valence-corrected chi connectivity index (χ0v) is 24.8. The molecule has 1 atom stereocenters. The number of hydrogen-bond donors (Lipinski definition) is 1. The minimum absolute atomic E-state index is 0.0704. The molecular weight excluding hydrogens is 538 g/mol. The van der Waals surface area contributed by atoms with Crippen molar-refractivity contribution in [3.63, 3.8) is 0 Å². The fraction of sp³-hybridized carbons (Fsp3) is 0.375. The van der Waals surface area contributed by atoms with Gasteiger partial charge in [-0.1, -0.05) is 79.1 Å². The first-order valence-electron chi connectivity index (χ1n) is 13.9. The monoisotopic (exact) mass is 577 g/mol. The van der Waals surface area contributed by atoms with Crippen LogP contribution in [-0.2, 0) is 32.6 Å². The van der Waals surface area contributed by atoms with E-state index in [0.29, 0.717) is 17.9 Å². The third-order valence-electron chi connectivity index (χ3n) is 7.43. The van der Waals surface area contributed by atoms with Crippen LogP contribution in [0.25, 0.3) is 0 Å². The van der Waals surface area contributed by atoms with Gasteiger partial charge < -0.3 is 15.0 Å². The van der Waals surface area contributed by atoms with Crippen molar-refractivity contribution < 1.29 is 22.7 Å². The molecule has 0 aromatic heterocycles. The summed E-state index contributed by atoms with van der Waals surface area (Å²) in [6, 6.07) is 23.2. The lowest BCUT2D eigenvalue weighted by molar-refractivity contribution is -0.140. The lowest BCUT2D eigenvalue weighted by atomic mass is 10.0. The number of anilines is 1.